The van der Waals surface area contributed by atoms with Gasteiger partial charge in [0.2, 0.25) is 12.0 Å². The van der Waals surface area contributed by atoms with E-state index < -0.39 is 12.0 Å². The molecule has 2 heterocycles. The van der Waals surface area contributed by atoms with E-state index in [1.54, 1.807) is 36.7 Å². The van der Waals surface area contributed by atoms with Crippen LogP contribution in [0.4, 0.5) is 0 Å². The SMILES string of the molecule is O=C(CSc1ncccn1)NNC(=O)[C@@H]1COc2ccccc2O1. The largest absolute Gasteiger partial charge is 0.485 e. The monoisotopic (exact) mass is 346 g/mol. The highest BCUT2D eigenvalue weighted by atomic mass is 32.2. The lowest BCUT2D eigenvalue weighted by molar-refractivity contribution is -0.134. The molecule has 0 saturated heterocycles. The summed E-state index contributed by atoms with van der Waals surface area (Å²) in [5, 5.41) is 0.486. The summed E-state index contributed by atoms with van der Waals surface area (Å²) in [6, 6.07) is 8.76. The molecular formula is C15H14N4O4S. The Morgan fingerprint density at radius 2 is 1.88 bits per heavy atom. The number of fused-ring (bicyclic) bond motifs is 1. The molecule has 2 amide bonds. The molecule has 1 aliphatic rings. The fourth-order valence-corrected chi connectivity index (χ4v) is 2.49. The predicted octanol–water partition coefficient (Wildman–Crippen LogP) is 0.556. The molecule has 1 aromatic heterocycles. The highest BCUT2D eigenvalue weighted by molar-refractivity contribution is 7.99. The highest BCUT2D eigenvalue weighted by Gasteiger charge is 2.27. The van der Waals surface area contributed by atoms with Crippen molar-refractivity contribution in [3.63, 3.8) is 0 Å². The summed E-state index contributed by atoms with van der Waals surface area (Å²) in [5.41, 5.74) is 4.65. The van der Waals surface area contributed by atoms with Crippen molar-refractivity contribution in [2.24, 2.45) is 0 Å². The van der Waals surface area contributed by atoms with E-state index in [1.807, 2.05) is 6.07 Å². The van der Waals surface area contributed by atoms with Gasteiger partial charge in [0, 0.05) is 12.4 Å². The topological polar surface area (TPSA) is 102 Å². The fourth-order valence-electron chi connectivity index (χ4n) is 1.89. The number of amides is 2. The maximum atomic E-state index is 12.0. The molecule has 0 aliphatic carbocycles. The fraction of sp³-hybridized carbons (Fsp3) is 0.200. The molecule has 124 valence electrons. The van der Waals surface area contributed by atoms with Crippen LogP contribution in [0.5, 0.6) is 11.5 Å². The average Bonchev–Trinajstić information content (AvgIpc) is 2.65. The molecule has 9 heteroatoms. The number of rotatable bonds is 4. The molecule has 0 fully saturated rings. The van der Waals surface area contributed by atoms with Crippen molar-refractivity contribution in [1.82, 2.24) is 20.8 Å². The molecule has 0 saturated carbocycles. The Morgan fingerprint density at radius 1 is 1.12 bits per heavy atom. The lowest BCUT2D eigenvalue weighted by atomic mass is 10.2. The summed E-state index contributed by atoms with van der Waals surface area (Å²) in [4.78, 5) is 31.7. The van der Waals surface area contributed by atoms with Crippen LogP contribution in [0, 0.1) is 0 Å². The van der Waals surface area contributed by atoms with Crippen molar-refractivity contribution >= 4 is 23.6 Å². The molecule has 24 heavy (non-hydrogen) atoms. The zero-order valence-electron chi connectivity index (χ0n) is 12.5. The second-order valence-corrected chi connectivity index (χ2v) is 5.66. The number of thioether (sulfide) groups is 1. The van der Waals surface area contributed by atoms with Gasteiger partial charge >= 0.3 is 0 Å². The van der Waals surface area contributed by atoms with Crippen LogP contribution in [0.3, 0.4) is 0 Å². The second-order valence-electron chi connectivity index (χ2n) is 4.72. The first-order valence-electron chi connectivity index (χ1n) is 7.09. The van der Waals surface area contributed by atoms with Crippen LogP contribution < -0.4 is 20.3 Å². The number of para-hydroxylation sites is 2. The van der Waals surface area contributed by atoms with E-state index in [9.17, 15) is 9.59 Å². The zero-order valence-corrected chi connectivity index (χ0v) is 13.3. The summed E-state index contributed by atoms with van der Waals surface area (Å²) >= 11 is 1.16. The number of carbonyl (C=O) groups is 2. The van der Waals surface area contributed by atoms with E-state index >= 15 is 0 Å². The molecule has 1 aliphatic heterocycles. The van der Waals surface area contributed by atoms with Gasteiger partial charge in [0.15, 0.2) is 16.7 Å². The summed E-state index contributed by atoms with van der Waals surface area (Å²) in [7, 11) is 0. The number of hydrogen-bond donors (Lipinski definition) is 2. The third-order valence-corrected chi connectivity index (χ3v) is 3.88. The number of carbonyl (C=O) groups excluding carboxylic acids is 2. The van der Waals surface area contributed by atoms with Gasteiger partial charge in [-0.15, -0.1) is 0 Å². The maximum Gasteiger partial charge on any atom is 0.283 e. The minimum atomic E-state index is -0.828. The first kappa shape index (κ1) is 16.1. The van der Waals surface area contributed by atoms with Crippen LogP contribution in [-0.2, 0) is 9.59 Å². The summed E-state index contributed by atoms with van der Waals surface area (Å²) < 4.78 is 11.0. The van der Waals surface area contributed by atoms with Crippen molar-refractivity contribution in [1.29, 1.82) is 0 Å². The van der Waals surface area contributed by atoms with Crippen molar-refractivity contribution in [2.45, 2.75) is 11.3 Å². The molecule has 8 nitrogen and oxygen atoms in total. The van der Waals surface area contributed by atoms with E-state index in [-0.39, 0.29) is 18.3 Å². The quantitative estimate of drug-likeness (QED) is 0.474. The van der Waals surface area contributed by atoms with Gasteiger partial charge in [0.25, 0.3) is 5.91 Å². The Bertz CT molecular complexity index is 728. The number of ether oxygens (including phenoxy) is 2. The van der Waals surface area contributed by atoms with Crippen molar-refractivity contribution in [3.8, 4) is 11.5 Å². The number of aromatic nitrogens is 2. The number of hydrogen-bond acceptors (Lipinski definition) is 7. The van der Waals surface area contributed by atoms with E-state index in [4.69, 9.17) is 9.47 Å². The van der Waals surface area contributed by atoms with Crippen LogP contribution in [0.2, 0.25) is 0 Å². The summed E-state index contributed by atoms with van der Waals surface area (Å²) in [5.74, 6) is 0.295. The van der Waals surface area contributed by atoms with Crippen molar-refractivity contribution in [2.75, 3.05) is 12.4 Å². The minimum absolute atomic E-state index is 0.0747. The predicted molar refractivity (Wildman–Crippen MR) is 85.4 cm³/mol. The van der Waals surface area contributed by atoms with Crippen molar-refractivity contribution in [3.05, 3.63) is 42.7 Å². The third kappa shape index (κ3) is 4.13. The molecule has 0 unspecified atom stereocenters. The Kier molecular flexibility index (Phi) is 5.12. The smallest absolute Gasteiger partial charge is 0.283 e. The van der Waals surface area contributed by atoms with Crippen LogP contribution in [0.25, 0.3) is 0 Å². The molecule has 2 N–H and O–H groups in total. The van der Waals surface area contributed by atoms with Crippen LogP contribution in [-0.4, -0.2) is 40.2 Å². The number of nitrogens with one attached hydrogen (secondary N) is 2. The number of hydrazine groups is 1. The van der Waals surface area contributed by atoms with Crippen LogP contribution in [0.1, 0.15) is 0 Å². The van der Waals surface area contributed by atoms with Gasteiger partial charge in [0.1, 0.15) is 6.61 Å². The van der Waals surface area contributed by atoms with Gasteiger partial charge in [0.05, 0.1) is 5.75 Å². The van der Waals surface area contributed by atoms with E-state index in [0.29, 0.717) is 16.7 Å². The van der Waals surface area contributed by atoms with Gasteiger partial charge < -0.3 is 9.47 Å². The second kappa shape index (κ2) is 7.64. The average molecular weight is 346 g/mol. The highest BCUT2D eigenvalue weighted by Crippen LogP contribution is 2.30. The maximum absolute atomic E-state index is 12.0. The lowest BCUT2D eigenvalue weighted by Gasteiger charge is -2.25. The number of benzene rings is 1. The minimum Gasteiger partial charge on any atom is -0.485 e. The first-order chi connectivity index (χ1) is 11.7. The zero-order chi connectivity index (χ0) is 16.8. The van der Waals surface area contributed by atoms with Gasteiger partial charge in [-0.2, -0.15) is 0 Å². The molecule has 0 bridgehead atoms. The van der Waals surface area contributed by atoms with E-state index in [0.717, 1.165) is 11.8 Å². The lowest BCUT2D eigenvalue weighted by Crippen LogP contribution is -2.51. The van der Waals surface area contributed by atoms with Crippen LogP contribution in [0.15, 0.2) is 47.9 Å². The molecule has 3 rings (SSSR count). The van der Waals surface area contributed by atoms with Crippen LogP contribution >= 0.6 is 11.8 Å². The molecular weight excluding hydrogens is 332 g/mol. The van der Waals surface area contributed by atoms with E-state index in [1.165, 1.54) is 0 Å². The Hall–Kier alpha value is -2.81. The van der Waals surface area contributed by atoms with Gasteiger partial charge in [-0.25, -0.2) is 9.97 Å². The normalized spacial score (nSPS) is 15.4. The third-order valence-electron chi connectivity index (χ3n) is 3.00. The van der Waals surface area contributed by atoms with E-state index in [2.05, 4.69) is 20.8 Å². The number of nitrogens with zero attached hydrogens (tertiary/aromatic N) is 2. The Balaban J connectivity index is 1.43. The van der Waals surface area contributed by atoms with Gasteiger partial charge in [-0.05, 0) is 18.2 Å². The molecule has 2 aromatic rings. The molecule has 1 atom stereocenters. The Labute approximate surface area is 141 Å². The van der Waals surface area contributed by atoms with Gasteiger partial charge in [-0.1, -0.05) is 23.9 Å². The van der Waals surface area contributed by atoms with Gasteiger partial charge in [-0.3, -0.25) is 20.4 Å². The molecule has 1 aromatic carbocycles. The van der Waals surface area contributed by atoms with Crippen molar-refractivity contribution < 1.29 is 19.1 Å². The molecule has 0 radical (unpaired) electrons. The Morgan fingerprint density at radius 3 is 2.67 bits per heavy atom. The first-order valence-corrected chi connectivity index (χ1v) is 8.08. The molecule has 0 spiro atoms. The summed E-state index contributed by atoms with van der Waals surface area (Å²) in [6.45, 7) is 0.0747. The standard InChI is InChI=1S/C15H14N4O4S/c20-13(9-24-15-16-6-3-7-17-15)18-19-14(21)12-8-22-10-4-1-2-5-11(10)23-12/h1-7,12H,8-9H2,(H,18,20)(H,19,21)/t12-/m0/s1. The summed E-state index contributed by atoms with van der Waals surface area (Å²) in [6.07, 6.45) is 2.35.